The van der Waals surface area contributed by atoms with Crippen LogP contribution in [0.4, 0.5) is 5.69 Å². The van der Waals surface area contributed by atoms with Crippen LogP contribution < -0.4 is 14.8 Å². The van der Waals surface area contributed by atoms with Crippen molar-refractivity contribution in [1.82, 2.24) is 0 Å². The van der Waals surface area contributed by atoms with E-state index < -0.39 is 0 Å². The van der Waals surface area contributed by atoms with E-state index in [1.54, 1.807) is 0 Å². The number of hydrogen-bond acceptors (Lipinski definition) is 3. The Kier molecular flexibility index (Phi) is 8.65. The summed E-state index contributed by atoms with van der Waals surface area (Å²) in [4.78, 5) is 12.2. The summed E-state index contributed by atoms with van der Waals surface area (Å²) < 4.78 is 12.5. The predicted molar refractivity (Wildman–Crippen MR) is 114 cm³/mol. The van der Waals surface area contributed by atoms with Crippen LogP contribution in [0.25, 0.3) is 0 Å². The van der Waals surface area contributed by atoms with Gasteiger partial charge < -0.3 is 14.8 Å². The minimum absolute atomic E-state index is 0.0363. The van der Waals surface area contributed by atoms with Crippen LogP contribution in [-0.4, -0.2) is 19.1 Å². The molecule has 1 amide bonds. The minimum Gasteiger partial charge on any atom is -0.494 e. The largest absolute Gasteiger partial charge is 0.494 e. The molecule has 0 radical (unpaired) electrons. The maximum Gasteiger partial charge on any atom is 0.262 e. The first-order valence-corrected chi connectivity index (χ1v) is 10.2. The fourth-order valence-electron chi connectivity index (χ4n) is 2.84. The zero-order valence-corrected chi connectivity index (χ0v) is 17.9. The van der Waals surface area contributed by atoms with Gasteiger partial charge in [0, 0.05) is 16.2 Å². The van der Waals surface area contributed by atoms with Gasteiger partial charge in [0.05, 0.1) is 6.61 Å². The number of nitrogens with one attached hydrogen (secondary N) is 1. The molecule has 0 aromatic heterocycles. The van der Waals surface area contributed by atoms with E-state index in [4.69, 9.17) is 9.47 Å². The van der Waals surface area contributed by atoms with E-state index in [0.29, 0.717) is 12.3 Å². The SMILES string of the molecule is CCCCCCOc1cccc(NC(=O)COc2c(C)cc(Br)cc2C)c1. The standard InChI is InChI=1S/C22H28BrNO3/c1-4-5-6-7-11-26-20-10-8-9-19(14-20)24-21(25)15-27-22-16(2)12-18(23)13-17(22)3/h8-10,12-14H,4-7,11,15H2,1-3H3,(H,24,25). The topological polar surface area (TPSA) is 47.6 Å². The second-order valence-electron chi connectivity index (χ2n) is 6.64. The van der Waals surface area contributed by atoms with E-state index >= 15 is 0 Å². The molecule has 0 aliphatic heterocycles. The smallest absolute Gasteiger partial charge is 0.262 e. The molecule has 0 aliphatic rings. The number of hydrogen-bond donors (Lipinski definition) is 1. The van der Waals surface area contributed by atoms with Crippen molar-refractivity contribution in [3.05, 3.63) is 52.0 Å². The van der Waals surface area contributed by atoms with E-state index in [-0.39, 0.29) is 12.5 Å². The summed E-state index contributed by atoms with van der Waals surface area (Å²) in [7, 11) is 0. The molecule has 0 saturated heterocycles. The van der Waals surface area contributed by atoms with E-state index in [0.717, 1.165) is 33.5 Å². The average molecular weight is 434 g/mol. The van der Waals surface area contributed by atoms with Crippen LogP contribution in [0.2, 0.25) is 0 Å². The molecule has 5 heteroatoms. The summed E-state index contributed by atoms with van der Waals surface area (Å²) >= 11 is 3.46. The van der Waals surface area contributed by atoms with Crippen LogP contribution in [0.3, 0.4) is 0 Å². The second-order valence-corrected chi connectivity index (χ2v) is 7.56. The maximum atomic E-state index is 12.2. The average Bonchev–Trinajstić information content (AvgIpc) is 2.61. The van der Waals surface area contributed by atoms with Crippen molar-refractivity contribution >= 4 is 27.5 Å². The van der Waals surface area contributed by atoms with Gasteiger partial charge in [0.25, 0.3) is 5.91 Å². The van der Waals surface area contributed by atoms with Crippen LogP contribution in [0.15, 0.2) is 40.9 Å². The highest BCUT2D eigenvalue weighted by Crippen LogP contribution is 2.27. The van der Waals surface area contributed by atoms with Crippen molar-refractivity contribution in [2.75, 3.05) is 18.5 Å². The third kappa shape index (κ3) is 7.25. The fraction of sp³-hybridized carbons (Fsp3) is 0.409. The molecule has 1 N–H and O–H groups in total. The van der Waals surface area contributed by atoms with E-state index in [1.165, 1.54) is 19.3 Å². The molecule has 0 aliphatic carbocycles. The highest BCUT2D eigenvalue weighted by Gasteiger charge is 2.09. The molecule has 0 spiro atoms. The lowest BCUT2D eigenvalue weighted by Crippen LogP contribution is -2.20. The lowest BCUT2D eigenvalue weighted by atomic mass is 10.1. The highest BCUT2D eigenvalue weighted by atomic mass is 79.9. The van der Waals surface area contributed by atoms with Crippen molar-refractivity contribution < 1.29 is 14.3 Å². The lowest BCUT2D eigenvalue weighted by molar-refractivity contribution is -0.118. The van der Waals surface area contributed by atoms with E-state index in [9.17, 15) is 4.79 Å². The molecular weight excluding hydrogens is 406 g/mol. The third-order valence-corrected chi connectivity index (χ3v) is 4.61. The van der Waals surface area contributed by atoms with Gasteiger partial charge in [-0.05, 0) is 55.7 Å². The van der Waals surface area contributed by atoms with Gasteiger partial charge in [-0.1, -0.05) is 48.2 Å². The quantitative estimate of drug-likeness (QED) is 0.464. The first kappa shape index (κ1) is 21.3. The molecule has 0 atom stereocenters. The minimum atomic E-state index is -0.197. The summed E-state index contributed by atoms with van der Waals surface area (Å²) in [5.41, 5.74) is 2.69. The Balaban J connectivity index is 1.84. The Bertz CT molecular complexity index is 738. The molecule has 0 fully saturated rings. The Hall–Kier alpha value is -2.01. The molecule has 0 heterocycles. The third-order valence-electron chi connectivity index (χ3n) is 4.16. The van der Waals surface area contributed by atoms with Crippen LogP contribution >= 0.6 is 15.9 Å². The highest BCUT2D eigenvalue weighted by molar-refractivity contribution is 9.10. The molecule has 2 rings (SSSR count). The number of anilines is 1. The van der Waals surface area contributed by atoms with Gasteiger partial charge in [0.15, 0.2) is 6.61 Å². The Morgan fingerprint density at radius 1 is 1.04 bits per heavy atom. The van der Waals surface area contributed by atoms with Gasteiger partial charge in [-0.25, -0.2) is 0 Å². The van der Waals surface area contributed by atoms with Gasteiger partial charge in [-0.3, -0.25) is 4.79 Å². The van der Waals surface area contributed by atoms with Crippen LogP contribution in [0.5, 0.6) is 11.5 Å². The number of carbonyl (C=O) groups is 1. The number of amides is 1. The zero-order chi connectivity index (χ0) is 19.6. The molecule has 27 heavy (non-hydrogen) atoms. The van der Waals surface area contributed by atoms with Crippen molar-refractivity contribution in [3.63, 3.8) is 0 Å². The lowest BCUT2D eigenvalue weighted by Gasteiger charge is -2.13. The fourth-order valence-corrected chi connectivity index (χ4v) is 3.53. The predicted octanol–water partition coefficient (Wildman–Crippen LogP) is 6.04. The normalized spacial score (nSPS) is 10.5. The number of aryl methyl sites for hydroxylation is 2. The summed E-state index contributed by atoms with van der Waals surface area (Å²) in [6.45, 7) is 6.78. The molecule has 2 aromatic rings. The van der Waals surface area contributed by atoms with Gasteiger partial charge >= 0.3 is 0 Å². The van der Waals surface area contributed by atoms with Crippen LogP contribution in [-0.2, 0) is 4.79 Å². The molecule has 0 saturated carbocycles. The second kappa shape index (κ2) is 11.0. The number of halogens is 1. The van der Waals surface area contributed by atoms with Crippen molar-refractivity contribution in [2.24, 2.45) is 0 Å². The molecule has 0 unspecified atom stereocenters. The summed E-state index contributed by atoms with van der Waals surface area (Å²) in [6, 6.07) is 11.4. The van der Waals surface area contributed by atoms with Gasteiger partial charge in [-0.15, -0.1) is 0 Å². The number of ether oxygens (including phenoxy) is 2. The van der Waals surface area contributed by atoms with E-state index in [1.807, 2.05) is 50.2 Å². The summed E-state index contributed by atoms with van der Waals surface area (Å²) in [6.07, 6.45) is 4.67. The summed E-state index contributed by atoms with van der Waals surface area (Å²) in [5, 5.41) is 2.86. The van der Waals surface area contributed by atoms with Crippen molar-refractivity contribution in [1.29, 1.82) is 0 Å². The molecular formula is C22H28BrNO3. The first-order valence-electron chi connectivity index (χ1n) is 9.42. The van der Waals surface area contributed by atoms with Crippen LogP contribution in [0, 0.1) is 13.8 Å². The van der Waals surface area contributed by atoms with Gasteiger partial charge in [0.2, 0.25) is 0 Å². The van der Waals surface area contributed by atoms with Crippen LogP contribution in [0.1, 0.15) is 43.7 Å². The Morgan fingerprint density at radius 3 is 2.48 bits per heavy atom. The monoisotopic (exact) mass is 433 g/mol. The zero-order valence-electron chi connectivity index (χ0n) is 16.3. The van der Waals surface area contributed by atoms with Crippen molar-refractivity contribution in [2.45, 2.75) is 46.5 Å². The Morgan fingerprint density at radius 2 is 1.78 bits per heavy atom. The van der Waals surface area contributed by atoms with E-state index in [2.05, 4.69) is 28.2 Å². The first-order chi connectivity index (χ1) is 13.0. The van der Waals surface area contributed by atoms with Gasteiger partial charge in [0.1, 0.15) is 11.5 Å². The number of carbonyl (C=O) groups excluding carboxylic acids is 1. The molecule has 2 aromatic carbocycles. The Labute approximate surface area is 170 Å². The molecule has 0 bridgehead atoms. The van der Waals surface area contributed by atoms with Gasteiger partial charge in [-0.2, -0.15) is 0 Å². The van der Waals surface area contributed by atoms with Crippen molar-refractivity contribution in [3.8, 4) is 11.5 Å². The number of unbranched alkanes of at least 4 members (excludes halogenated alkanes) is 3. The summed E-state index contributed by atoms with van der Waals surface area (Å²) in [5.74, 6) is 1.32. The maximum absolute atomic E-state index is 12.2. The number of rotatable bonds is 10. The molecule has 4 nitrogen and oxygen atoms in total. The molecule has 146 valence electrons. The number of benzene rings is 2.